The zero-order valence-corrected chi connectivity index (χ0v) is 24.9. The van der Waals surface area contributed by atoms with Gasteiger partial charge in [-0.1, -0.05) is 24.3 Å². The summed E-state index contributed by atoms with van der Waals surface area (Å²) in [6, 6.07) is 17.7. The van der Waals surface area contributed by atoms with E-state index >= 15 is 0 Å². The summed E-state index contributed by atoms with van der Waals surface area (Å²) in [7, 11) is 0. The molecular formula is C35H39FN4O3. The summed E-state index contributed by atoms with van der Waals surface area (Å²) in [6.07, 6.45) is 6.35. The van der Waals surface area contributed by atoms with Gasteiger partial charge in [0.25, 0.3) is 11.8 Å². The van der Waals surface area contributed by atoms with Gasteiger partial charge in [-0.05, 0) is 104 Å². The smallest absolute Gasteiger partial charge is 0.253 e. The van der Waals surface area contributed by atoms with E-state index in [0.717, 1.165) is 53.6 Å². The van der Waals surface area contributed by atoms with E-state index in [1.54, 1.807) is 12.1 Å². The molecule has 1 saturated carbocycles. The average Bonchev–Trinajstić information content (AvgIpc) is 3.77. The van der Waals surface area contributed by atoms with Gasteiger partial charge in [-0.2, -0.15) is 5.10 Å². The van der Waals surface area contributed by atoms with Crippen LogP contribution in [0.25, 0.3) is 22.0 Å². The Labute approximate surface area is 252 Å². The molecular weight excluding hydrogens is 543 g/mol. The van der Waals surface area contributed by atoms with Crippen LogP contribution in [-0.2, 0) is 11.3 Å². The third kappa shape index (κ3) is 6.96. The summed E-state index contributed by atoms with van der Waals surface area (Å²) >= 11 is 0. The van der Waals surface area contributed by atoms with Crippen LogP contribution in [0.5, 0.6) is 0 Å². The number of halogens is 1. The summed E-state index contributed by atoms with van der Waals surface area (Å²) in [5.74, 6) is 0.808. The molecule has 8 heteroatoms. The van der Waals surface area contributed by atoms with E-state index in [-0.39, 0.29) is 23.7 Å². The number of carbonyl (C=O) groups is 2. The third-order valence-electron chi connectivity index (χ3n) is 8.77. The van der Waals surface area contributed by atoms with Gasteiger partial charge in [-0.3, -0.25) is 14.3 Å². The molecule has 0 spiro atoms. The van der Waals surface area contributed by atoms with Gasteiger partial charge in [0.15, 0.2) is 0 Å². The molecule has 1 N–H and O–H groups in total. The summed E-state index contributed by atoms with van der Waals surface area (Å²) in [5, 5.41) is 8.80. The number of carbonyl (C=O) groups excluding carboxylic acids is 2. The molecule has 2 aliphatic rings. The Morgan fingerprint density at radius 2 is 1.63 bits per heavy atom. The van der Waals surface area contributed by atoms with Gasteiger partial charge in [0.1, 0.15) is 5.82 Å². The van der Waals surface area contributed by atoms with Crippen LogP contribution in [0.1, 0.15) is 58.9 Å². The number of aryl methyl sites for hydroxylation is 1. The molecule has 2 fully saturated rings. The molecule has 2 heterocycles. The van der Waals surface area contributed by atoms with Crippen molar-refractivity contribution in [3.63, 3.8) is 0 Å². The van der Waals surface area contributed by atoms with Crippen molar-refractivity contribution in [2.75, 3.05) is 26.2 Å². The van der Waals surface area contributed by atoms with Crippen molar-refractivity contribution in [1.82, 2.24) is 20.0 Å². The van der Waals surface area contributed by atoms with Gasteiger partial charge >= 0.3 is 0 Å². The molecule has 1 aliphatic heterocycles. The monoisotopic (exact) mass is 582 g/mol. The lowest BCUT2D eigenvalue weighted by atomic mass is 9.96. The summed E-state index contributed by atoms with van der Waals surface area (Å²) in [4.78, 5) is 28.0. The van der Waals surface area contributed by atoms with Crippen LogP contribution in [0.15, 0.2) is 66.9 Å². The second kappa shape index (κ2) is 12.7. The number of benzene rings is 3. The van der Waals surface area contributed by atoms with E-state index in [0.29, 0.717) is 42.6 Å². The van der Waals surface area contributed by atoms with E-state index in [2.05, 4.69) is 5.32 Å². The van der Waals surface area contributed by atoms with Crippen molar-refractivity contribution in [1.29, 1.82) is 0 Å². The number of hydrogen-bond donors (Lipinski definition) is 1. The normalized spacial score (nSPS) is 16.4. The number of piperidine rings is 1. The molecule has 0 radical (unpaired) electrons. The van der Waals surface area contributed by atoms with Crippen LogP contribution in [0.3, 0.4) is 0 Å². The first kappa shape index (κ1) is 29.1. The second-order valence-corrected chi connectivity index (χ2v) is 12.1. The van der Waals surface area contributed by atoms with E-state index in [9.17, 15) is 14.0 Å². The number of hydrogen-bond acceptors (Lipinski definition) is 4. The number of nitrogens with one attached hydrogen (secondary N) is 1. The van der Waals surface area contributed by atoms with Crippen LogP contribution >= 0.6 is 0 Å². The molecule has 1 atom stereocenters. The lowest BCUT2D eigenvalue weighted by Gasteiger charge is -2.32. The van der Waals surface area contributed by atoms with Crippen molar-refractivity contribution in [3.8, 4) is 11.1 Å². The highest BCUT2D eigenvalue weighted by molar-refractivity contribution is 6.00. The standard InChI is InChI=1S/C35H39FN4O3/c1-23(43-22-26-3-4-26)19-37-34(41)31-13-14-33-32(24(31)2)21-40(38-33)20-25-15-17-39(18-16-25)35(42)29-7-5-27(6-8-29)28-9-11-30(36)12-10-28/h5-14,21,23,25-26H,3-4,15-20,22H2,1-2H3,(H,37,41). The van der Waals surface area contributed by atoms with Crippen LogP contribution in [0.4, 0.5) is 4.39 Å². The van der Waals surface area contributed by atoms with Gasteiger partial charge in [-0.25, -0.2) is 4.39 Å². The maximum atomic E-state index is 13.2. The van der Waals surface area contributed by atoms with Gasteiger partial charge in [-0.15, -0.1) is 0 Å². The number of aromatic nitrogens is 2. The zero-order chi connectivity index (χ0) is 29.9. The van der Waals surface area contributed by atoms with Gasteiger partial charge in [0.05, 0.1) is 11.6 Å². The molecule has 0 bridgehead atoms. The van der Waals surface area contributed by atoms with E-state index in [1.807, 2.05) is 66.0 Å². The highest BCUT2D eigenvalue weighted by Crippen LogP contribution is 2.29. The Balaban J connectivity index is 1.01. The molecule has 6 rings (SSSR count). The Bertz CT molecular complexity index is 1590. The summed E-state index contributed by atoms with van der Waals surface area (Å²) < 4.78 is 21.1. The first-order valence-corrected chi connectivity index (χ1v) is 15.4. The number of amides is 2. The molecule has 1 saturated heterocycles. The number of nitrogens with zero attached hydrogens (tertiary/aromatic N) is 3. The van der Waals surface area contributed by atoms with Crippen LogP contribution in [0.2, 0.25) is 0 Å². The minimum atomic E-state index is -0.265. The lowest BCUT2D eigenvalue weighted by molar-refractivity contribution is 0.0555. The number of fused-ring (bicyclic) bond motifs is 1. The van der Waals surface area contributed by atoms with Crippen molar-refractivity contribution in [2.24, 2.45) is 11.8 Å². The summed E-state index contributed by atoms with van der Waals surface area (Å²) in [6.45, 7) is 7.44. The van der Waals surface area contributed by atoms with Crippen LogP contribution < -0.4 is 5.32 Å². The molecule has 3 aromatic carbocycles. The van der Waals surface area contributed by atoms with Crippen molar-refractivity contribution < 1.29 is 18.7 Å². The zero-order valence-electron chi connectivity index (χ0n) is 24.9. The number of rotatable bonds is 10. The van der Waals surface area contributed by atoms with E-state index in [1.165, 1.54) is 25.0 Å². The fraction of sp³-hybridized carbons (Fsp3) is 0.400. The van der Waals surface area contributed by atoms with Gasteiger partial charge in [0.2, 0.25) is 0 Å². The quantitative estimate of drug-likeness (QED) is 0.240. The highest BCUT2D eigenvalue weighted by Gasteiger charge is 2.25. The van der Waals surface area contributed by atoms with Gasteiger partial charge < -0.3 is 15.0 Å². The van der Waals surface area contributed by atoms with Crippen molar-refractivity contribution in [2.45, 2.75) is 52.2 Å². The topological polar surface area (TPSA) is 76.5 Å². The molecule has 1 unspecified atom stereocenters. The number of likely N-dealkylation sites (tertiary alicyclic amines) is 1. The molecule has 43 heavy (non-hydrogen) atoms. The SMILES string of the molecule is Cc1c(C(=O)NCC(C)OCC2CC2)ccc2nn(CC3CCN(C(=O)c4ccc(-c5ccc(F)cc5)cc4)CC3)cc12. The molecule has 2 amide bonds. The van der Waals surface area contributed by atoms with Crippen LogP contribution in [-0.4, -0.2) is 58.8 Å². The predicted octanol–water partition coefficient (Wildman–Crippen LogP) is 6.25. The molecule has 7 nitrogen and oxygen atoms in total. The maximum absolute atomic E-state index is 13.2. The second-order valence-electron chi connectivity index (χ2n) is 12.1. The van der Waals surface area contributed by atoms with Crippen molar-refractivity contribution in [3.05, 3.63) is 89.4 Å². The Hall–Kier alpha value is -4.04. The highest BCUT2D eigenvalue weighted by atomic mass is 19.1. The fourth-order valence-electron chi connectivity index (χ4n) is 5.81. The maximum Gasteiger partial charge on any atom is 0.253 e. The van der Waals surface area contributed by atoms with E-state index < -0.39 is 0 Å². The third-order valence-corrected chi connectivity index (χ3v) is 8.77. The van der Waals surface area contributed by atoms with Crippen molar-refractivity contribution >= 4 is 22.7 Å². The minimum absolute atomic E-state index is 0.00795. The molecule has 1 aliphatic carbocycles. The fourth-order valence-corrected chi connectivity index (χ4v) is 5.81. The minimum Gasteiger partial charge on any atom is -0.376 e. The summed E-state index contributed by atoms with van der Waals surface area (Å²) in [5.41, 5.74) is 5.01. The average molecular weight is 583 g/mol. The largest absolute Gasteiger partial charge is 0.376 e. The number of ether oxygens (including phenoxy) is 1. The Morgan fingerprint density at radius 3 is 2.30 bits per heavy atom. The molecule has 1 aromatic heterocycles. The Kier molecular flexibility index (Phi) is 8.56. The van der Waals surface area contributed by atoms with Gasteiger partial charge in [0, 0.05) is 55.5 Å². The van der Waals surface area contributed by atoms with E-state index in [4.69, 9.17) is 9.84 Å². The first-order valence-electron chi connectivity index (χ1n) is 15.4. The lowest BCUT2D eigenvalue weighted by Crippen LogP contribution is -2.39. The van der Waals surface area contributed by atoms with Crippen LogP contribution in [0, 0.1) is 24.6 Å². The predicted molar refractivity (Wildman–Crippen MR) is 165 cm³/mol. The molecule has 4 aromatic rings. The first-order chi connectivity index (χ1) is 20.8. The Morgan fingerprint density at radius 1 is 0.953 bits per heavy atom. The molecule has 224 valence electrons.